The molecule has 2 aromatic carbocycles. The Hall–Kier alpha value is -6.02. The van der Waals surface area contributed by atoms with Gasteiger partial charge in [0.2, 0.25) is 0 Å². The number of hydrogen-bond acceptors (Lipinski definition) is 12. The lowest BCUT2D eigenvalue weighted by atomic mass is 9.82. The number of thiazole rings is 2. The molecule has 0 aliphatic rings. The molecular weight excluding hydrogens is 845 g/mol. The number of anilines is 4. The Morgan fingerprint density at radius 2 is 1.10 bits per heavy atom. The molecule has 0 radical (unpaired) electrons. The maximum absolute atomic E-state index is 13.3. The van der Waals surface area contributed by atoms with Crippen LogP contribution in [-0.2, 0) is 12.8 Å². The van der Waals surface area contributed by atoms with Crippen molar-refractivity contribution in [3.63, 3.8) is 0 Å². The molecular formula is C40H32BBrF2N10O2S2. The zero-order valence-corrected chi connectivity index (χ0v) is 34.6. The van der Waals surface area contributed by atoms with Crippen molar-refractivity contribution in [2.75, 3.05) is 23.9 Å². The molecule has 0 bridgehead atoms. The minimum Gasteiger partial charge on any atom is -0.423 e. The van der Waals surface area contributed by atoms with Gasteiger partial charge in [-0.2, -0.15) is 10.5 Å². The van der Waals surface area contributed by atoms with Crippen LogP contribution in [0.4, 0.5) is 30.7 Å². The largest absolute Gasteiger partial charge is 0.489 e. The molecule has 8 aromatic rings. The normalized spacial score (nSPS) is 10.9. The maximum atomic E-state index is 13.3. The van der Waals surface area contributed by atoms with Gasteiger partial charge in [0.1, 0.15) is 67.8 Å². The van der Waals surface area contributed by atoms with Gasteiger partial charge in [-0.3, -0.25) is 8.80 Å². The summed E-state index contributed by atoms with van der Waals surface area (Å²) in [6, 6.07) is 23.5. The van der Waals surface area contributed by atoms with Crippen LogP contribution in [0.1, 0.15) is 35.0 Å². The van der Waals surface area contributed by atoms with Gasteiger partial charge in [-0.1, -0.05) is 42.6 Å². The maximum Gasteiger partial charge on any atom is 0.489 e. The SMILES string of the molecule is CCc1nc2ccc(B(O)O)cn2c1N(C)c1nc(-c2ccc(F)cc2)c(C#N)s1.CCc1nc2ccc(Br)cn2c1N(C)c1nc(-c2ccc(F)cc2)c(C#N)s1. The Kier molecular flexibility index (Phi) is 11.7. The van der Waals surface area contributed by atoms with E-state index in [9.17, 15) is 29.4 Å². The minimum atomic E-state index is -1.60. The Labute approximate surface area is 348 Å². The number of aryl methyl sites for hydroxylation is 2. The number of rotatable bonds is 9. The van der Waals surface area contributed by atoms with Gasteiger partial charge in [-0.25, -0.2) is 28.7 Å². The molecule has 58 heavy (non-hydrogen) atoms. The van der Waals surface area contributed by atoms with Crippen molar-refractivity contribution >= 4 is 84.4 Å². The fourth-order valence-corrected chi connectivity index (χ4v) is 8.37. The zero-order chi connectivity index (χ0) is 41.2. The van der Waals surface area contributed by atoms with Crippen molar-refractivity contribution in [3.05, 3.63) is 122 Å². The van der Waals surface area contributed by atoms with Gasteiger partial charge in [0, 0.05) is 42.1 Å². The molecule has 2 N–H and O–H groups in total. The monoisotopic (exact) mass is 876 g/mol. The predicted octanol–water partition coefficient (Wildman–Crippen LogP) is 8.04. The number of hydrogen-bond donors (Lipinski definition) is 2. The van der Waals surface area contributed by atoms with Gasteiger partial charge >= 0.3 is 7.12 Å². The van der Waals surface area contributed by atoms with E-state index in [1.807, 2.05) is 53.5 Å². The number of nitriles is 2. The molecule has 0 saturated carbocycles. The van der Waals surface area contributed by atoms with Crippen molar-refractivity contribution in [2.45, 2.75) is 26.7 Å². The number of aromatic nitrogens is 6. The average molecular weight is 878 g/mol. The van der Waals surface area contributed by atoms with E-state index in [1.165, 1.54) is 46.9 Å². The van der Waals surface area contributed by atoms with E-state index < -0.39 is 7.12 Å². The van der Waals surface area contributed by atoms with Crippen LogP contribution >= 0.6 is 38.6 Å². The van der Waals surface area contributed by atoms with Gasteiger partial charge < -0.3 is 19.8 Å². The van der Waals surface area contributed by atoms with Crippen LogP contribution in [0.2, 0.25) is 0 Å². The molecule has 0 unspecified atom stereocenters. The molecule has 0 spiro atoms. The molecule has 8 rings (SSSR count). The molecule has 0 fully saturated rings. The third-order valence-electron chi connectivity index (χ3n) is 9.16. The molecule has 6 aromatic heterocycles. The molecule has 0 saturated heterocycles. The van der Waals surface area contributed by atoms with Crippen molar-refractivity contribution in [1.82, 2.24) is 28.7 Å². The molecule has 6 heterocycles. The summed E-state index contributed by atoms with van der Waals surface area (Å²) in [5.41, 5.74) is 6.00. The average Bonchev–Trinajstić information content (AvgIpc) is 4.03. The molecule has 0 aliphatic carbocycles. The lowest BCUT2D eigenvalue weighted by molar-refractivity contribution is 0.425. The summed E-state index contributed by atoms with van der Waals surface area (Å²) in [6.45, 7) is 4.04. The number of benzene rings is 2. The fourth-order valence-electron chi connectivity index (χ4n) is 6.33. The summed E-state index contributed by atoms with van der Waals surface area (Å²) in [5, 5.41) is 39.5. The lowest BCUT2D eigenvalue weighted by Gasteiger charge is -2.17. The second-order valence-corrected chi connectivity index (χ2v) is 15.7. The van der Waals surface area contributed by atoms with E-state index in [1.54, 1.807) is 47.0 Å². The van der Waals surface area contributed by atoms with Crippen molar-refractivity contribution in [1.29, 1.82) is 10.5 Å². The van der Waals surface area contributed by atoms with Gasteiger partial charge in [0.25, 0.3) is 0 Å². The van der Waals surface area contributed by atoms with E-state index in [-0.39, 0.29) is 11.6 Å². The fraction of sp³-hybridized carbons (Fsp3) is 0.150. The van der Waals surface area contributed by atoms with Crippen molar-refractivity contribution in [3.8, 4) is 34.7 Å². The van der Waals surface area contributed by atoms with E-state index >= 15 is 0 Å². The first-order chi connectivity index (χ1) is 27.9. The van der Waals surface area contributed by atoms with E-state index in [0.717, 1.165) is 39.6 Å². The second kappa shape index (κ2) is 16.8. The number of halogens is 3. The highest BCUT2D eigenvalue weighted by molar-refractivity contribution is 9.10. The van der Waals surface area contributed by atoms with Crippen molar-refractivity contribution < 1.29 is 18.8 Å². The number of pyridine rings is 2. The molecule has 0 aliphatic heterocycles. The zero-order valence-electron chi connectivity index (χ0n) is 31.4. The van der Waals surface area contributed by atoms with Crippen molar-refractivity contribution in [2.24, 2.45) is 0 Å². The van der Waals surface area contributed by atoms with E-state index in [4.69, 9.17) is 4.98 Å². The van der Waals surface area contributed by atoms with Crippen LogP contribution in [0.15, 0.2) is 89.7 Å². The topological polar surface area (TPSA) is 155 Å². The van der Waals surface area contributed by atoms with Crippen LogP contribution in [0.5, 0.6) is 0 Å². The Morgan fingerprint density at radius 3 is 1.52 bits per heavy atom. The number of imidazole rings is 2. The number of nitrogens with zero attached hydrogens (tertiary/aromatic N) is 10. The van der Waals surface area contributed by atoms with Gasteiger partial charge in [-0.15, -0.1) is 0 Å². The third kappa shape index (κ3) is 7.80. The third-order valence-corrected chi connectivity index (χ3v) is 11.7. The lowest BCUT2D eigenvalue weighted by Crippen LogP contribution is -2.30. The standard InChI is InChI=1S/C20H17BFN5O2S.C20H15BrFN5S/c1-3-15-19(27-11-13(21(28)29)6-9-17(27)24-15)26(2)20-25-18(16(10-23)30-20)12-4-7-14(22)8-5-12;1-3-15-19(27-11-13(21)6-9-17(27)24-15)26(2)20-25-18(16(10-23)28-20)12-4-7-14(22)8-5-12/h4-9,11,28-29H,3H2,1-2H3;4-9,11H,3H2,1-2H3. The van der Waals surface area contributed by atoms with Gasteiger partial charge in [0.05, 0.1) is 11.4 Å². The van der Waals surface area contributed by atoms with Crippen LogP contribution in [0.25, 0.3) is 33.8 Å². The summed E-state index contributed by atoms with van der Waals surface area (Å²) in [6.07, 6.45) is 5.00. The van der Waals surface area contributed by atoms with Crippen LogP contribution in [0, 0.1) is 34.3 Å². The van der Waals surface area contributed by atoms with Gasteiger partial charge in [-0.05, 0) is 101 Å². The quantitative estimate of drug-likeness (QED) is 0.136. The summed E-state index contributed by atoms with van der Waals surface area (Å²) >= 11 is 6.04. The van der Waals surface area contributed by atoms with Gasteiger partial charge in [0.15, 0.2) is 10.3 Å². The first-order valence-corrected chi connectivity index (χ1v) is 20.2. The second-order valence-electron chi connectivity index (χ2n) is 12.8. The molecule has 12 nitrogen and oxygen atoms in total. The Balaban J connectivity index is 0.000000177. The summed E-state index contributed by atoms with van der Waals surface area (Å²) in [5.74, 6) is 0.949. The molecule has 0 amide bonds. The van der Waals surface area contributed by atoms with E-state index in [2.05, 4.69) is 49.9 Å². The smallest absolute Gasteiger partial charge is 0.423 e. The van der Waals surface area contributed by atoms with Crippen LogP contribution in [0.3, 0.4) is 0 Å². The summed E-state index contributed by atoms with van der Waals surface area (Å²) < 4.78 is 31.3. The van der Waals surface area contributed by atoms with Crippen LogP contribution < -0.4 is 15.3 Å². The van der Waals surface area contributed by atoms with Crippen LogP contribution in [-0.4, -0.2) is 60.0 Å². The highest BCUT2D eigenvalue weighted by Gasteiger charge is 2.24. The minimum absolute atomic E-state index is 0.321. The Bertz CT molecular complexity index is 2860. The molecule has 18 heteroatoms. The highest BCUT2D eigenvalue weighted by atomic mass is 79.9. The summed E-state index contributed by atoms with van der Waals surface area (Å²) in [7, 11) is 2.13. The van der Waals surface area contributed by atoms with E-state index in [0.29, 0.717) is 60.1 Å². The Morgan fingerprint density at radius 1 is 0.672 bits per heavy atom. The summed E-state index contributed by atoms with van der Waals surface area (Å²) in [4.78, 5) is 23.3. The highest BCUT2D eigenvalue weighted by Crippen LogP contribution is 2.38. The number of fused-ring (bicyclic) bond motifs is 2. The molecule has 0 atom stereocenters. The predicted molar refractivity (Wildman–Crippen MR) is 227 cm³/mol. The first-order valence-electron chi connectivity index (χ1n) is 17.8. The molecule has 290 valence electrons. The first kappa shape index (κ1) is 40.2.